The maximum Gasteiger partial charge on any atom is 0.326 e. The number of likely N-dealkylation sites (tertiary alicyclic amines) is 1. The molecule has 1 atom stereocenters. The molecule has 0 bridgehead atoms. The molecule has 0 aromatic carbocycles. The van der Waals surface area contributed by atoms with Gasteiger partial charge < -0.3 is 15.3 Å². The summed E-state index contributed by atoms with van der Waals surface area (Å²) >= 11 is 0. The third-order valence-corrected chi connectivity index (χ3v) is 4.99. The number of carbonyl (C=O) groups excluding carboxylic acids is 1. The second-order valence-corrected chi connectivity index (χ2v) is 7.14. The highest BCUT2D eigenvalue weighted by Crippen LogP contribution is 2.39. The highest BCUT2D eigenvalue weighted by atomic mass is 16.4. The molecular weight excluding hydrogens is 256 g/mol. The fraction of sp³-hybridized carbons (Fsp3) is 0.867. The SMILES string of the molecule is CC1(C(=O)N2CCCC(C)(C)C2C(=O)O)CCNCC1. The van der Waals surface area contributed by atoms with E-state index < -0.39 is 17.4 Å². The van der Waals surface area contributed by atoms with Gasteiger partial charge in [0, 0.05) is 12.0 Å². The first kappa shape index (κ1) is 15.3. The van der Waals surface area contributed by atoms with Crippen molar-refractivity contribution in [2.75, 3.05) is 19.6 Å². The second kappa shape index (κ2) is 5.35. The van der Waals surface area contributed by atoms with Crippen LogP contribution in [0.15, 0.2) is 0 Å². The molecule has 1 amide bonds. The van der Waals surface area contributed by atoms with E-state index in [9.17, 15) is 14.7 Å². The molecule has 2 rings (SSSR count). The third-order valence-electron chi connectivity index (χ3n) is 4.99. The Bertz CT molecular complexity index is 400. The maximum atomic E-state index is 12.9. The van der Waals surface area contributed by atoms with E-state index in [-0.39, 0.29) is 11.3 Å². The first-order valence-corrected chi connectivity index (χ1v) is 7.53. The summed E-state index contributed by atoms with van der Waals surface area (Å²) in [6, 6.07) is -0.699. The molecule has 2 aliphatic heterocycles. The lowest BCUT2D eigenvalue weighted by Crippen LogP contribution is -2.60. The van der Waals surface area contributed by atoms with Crippen LogP contribution in [-0.2, 0) is 9.59 Å². The molecular formula is C15H26N2O3. The molecule has 0 aliphatic carbocycles. The Morgan fingerprint density at radius 2 is 1.75 bits per heavy atom. The van der Waals surface area contributed by atoms with Gasteiger partial charge in [0.25, 0.3) is 0 Å². The minimum atomic E-state index is -0.874. The van der Waals surface area contributed by atoms with Gasteiger partial charge in [0.1, 0.15) is 6.04 Å². The van der Waals surface area contributed by atoms with Crippen molar-refractivity contribution < 1.29 is 14.7 Å². The summed E-state index contributed by atoms with van der Waals surface area (Å²) in [5.74, 6) is -0.847. The zero-order valence-corrected chi connectivity index (χ0v) is 12.7. The zero-order chi connectivity index (χ0) is 15.0. The summed E-state index contributed by atoms with van der Waals surface area (Å²) < 4.78 is 0. The minimum Gasteiger partial charge on any atom is -0.480 e. The van der Waals surface area contributed by atoms with Gasteiger partial charge >= 0.3 is 5.97 Å². The molecule has 5 heteroatoms. The number of aliphatic carboxylic acids is 1. The largest absolute Gasteiger partial charge is 0.480 e. The van der Waals surface area contributed by atoms with Crippen molar-refractivity contribution in [2.24, 2.45) is 10.8 Å². The van der Waals surface area contributed by atoms with Crippen LogP contribution in [0.1, 0.15) is 46.5 Å². The Morgan fingerprint density at radius 3 is 2.30 bits per heavy atom. The van der Waals surface area contributed by atoms with Crippen LogP contribution in [0, 0.1) is 10.8 Å². The molecule has 2 fully saturated rings. The molecule has 0 aromatic heterocycles. The number of hydrogen-bond donors (Lipinski definition) is 2. The predicted octanol–water partition coefficient (Wildman–Crippen LogP) is 1.48. The number of piperidine rings is 2. The second-order valence-electron chi connectivity index (χ2n) is 7.14. The molecule has 2 N–H and O–H groups in total. The van der Waals surface area contributed by atoms with E-state index in [0.29, 0.717) is 6.54 Å². The molecule has 0 saturated carbocycles. The van der Waals surface area contributed by atoms with E-state index in [1.54, 1.807) is 4.90 Å². The van der Waals surface area contributed by atoms with Gasteiger partial charge in [-0.1, -0.05) is 20.8 Å². The normalized spacial score (nSPS) is 28.9. The van der Waals surface area contributed by atoms with Gasteiger partial charge in [0.2, 0.25) is 5.91 Å². The Kier molecular flexibility index (Phi) is 4.09. The lowest BCUT2D eigenvalue weighted by atomic mass is 9.73. The van der Waals surface area contributed by atoms with E-state index in [4.69, 9.17) is 0 Å². The van der Waals surface area contributed by atoms with Crippen LogP contribution in [-0.4, -0.2) is 47.6 Å². The highest BCUT2D eigenvalue weighted by Gasteiger charge is 2.48. The van der Waals surface area contributed by atoms with Gasteiger partial charge in [0.15, 0.2) is 0 Å². The number of nitrogens with zero attached hydrogens (tertiary/aromatic N) is 1. The minimum absolute atomic E-state index is 0.0270. The molecule has 0 radical (unpaired) electrons. The number of rotatable bonds is 2. The summed E-state index contributed by atoms with van der Waals surface area (Å²) in [7, 11) is 0. The molecule has 20 heavy (non-hydrogen) atoms. The first-order chi connectivity index (χ1) is 9.28. The standard InChI is InChI=1S/C15H26N2O3/c1-14(2)5-4-10-17(11(14)12(18)19)13(20)15(3)6-8-16-9-7-15/h11,16H,4-10H2,1-3H3,(H,18,19). The van der Waals surface area contributed by atoms with Crippen molar-refractivity contribution in [3.05, 3.63) is 0 Å². The van der Waals surface area contributed by atoms with Crippen LogP contribution in [0.5, 0.6) is 0 Å². The lowest BCUT2D eigenvalue weighted by molar-refractivity contribution is -0.164. The molecule has 5 nitrogen and oxygen atoms in total. The van der Waals surface area contributed by atoms with Crippen molar-refractivity contribution in [1.29, 1.82) is 0 Å². The van der Waals surface area contributed by atoms with Crippen LogP contribution >= 0.6 is 0 Å². The smallest absolute Gasteiger partial charge is 0.326 e. The van der Waals surface area contributed by atoms with Gasteiger partial charge in [-0.3, -0.25) is 4.79 Å². The zero-order valence-electron chi connectivity index (χ0n) is 12.7. The van der Waals surface area contributed by atoms with Crippen LogP contribution in [0.4, 0.5) is 0 Å². The van der Waals surface area contributed by atoms with Crippen molar-refractivity contribution >= 4 is 11.9 Å². The topological polar surface area (TPSA) is 69.6 Å². The molecule has 0 spiro atoms. The first-order valence-electron chi connectivity index (χ1n) is 7.53. The fourth-order valence-corrected chi connectivity index (χ4v) is 3.62. The summed E-state index contributed by atoms with van der Waals surface area (Å²) in [4.78, 5) is 26.2. The monoisotopic (exact) mass is 282 g/mol. The Labute approximate surface area is 120 Å². The Hall–Kier alpha value is -1.10. The van der Waals surface area contributed by atoms with E-state index >= 15 is 0 Å². The number of carboxylic acid groups (broad SMARTS) is 1. The molecule has 1 unspecified atom stereocenters. The quantitative estimate of drug-likeness (QED) is 0.805. The number of carbonyl (C=O) groups is 2. The molecule has 2 heterocycles. The molecule has 2 aliphatic rings. The third kappa shape index (κ3) is 2.68. The summed E-state index contributed by atoms with van der Waals surface area (Å²) in [6.07, 6.45) is 3.31. The van der Waals surface area contributed by atoms with Gasteiger partial charge in [-0.25, -0.2) is 4.79 Å². The van der Waals surface area contributed by atoms with Crippen LogP contribution < -0.4 is 5.32 Å². The number of amides is 1. The van der Waals surface area contributed by atoms with Crippen molar-refractivity contribution in [3.8, 4) is 0 Å². The fourth-order valence-electron chi connectivity index (χ4n) is 3.62. The number of carboxylic acids is 1. The maximum absolute atomic E-state index is 12.9. The molecule has 0 aromatic rings. The molecule has 114 valence electrons. The van der Waals surface area contributed by atoms with Gasteiger partial charge in [-0.15, -0.1) is 0 Å². The Morgan fingerprint density at radius 1 is 1.15 bits per heavy atom. The van der Waals surface area contributed by atoms with Crippen LogP contribution in [0.25, 0.3) is 0 Å². The van der Waals surface area contributed by atoms with Gasteiger partial charge in [-0.2, -0.15) is 0 Å². The van der Waals surface area contributed by atoms with E-state index in [2.05, 4.69) is 5.32 Å². The van der Waals surface area contributed by atoms with Gasteiger partial charge in [-0.05, 0) is 44.2 Å². The number of nitrogens with one attached hydrogen (secondary N) is 1. The summed E-state index contributed by atoms with van der Waals surface area (Å²) in [5, 5.41) is 12.8. The van der Waals surface area contributed by atoms with E-state index in [1.165, 1.54) is 0 Å². The van der Waals surface area contributed by atoms with Crippen molar-refractivity contribution in [1.82, 2.24) is 10.2 Å². The number of hydrogen-bond acceptors (Lipinski definition) is 3. The van der Waals surface area contributed by atoms with E-state index in [0.717, 1.165) is 38.8 Å². The van der Waals surface area contributed by atoms with E-state index in [1.807, 2.05) is 20.8 Å². The predicted molar refractivity (Wildman–Crippen MR) is 76.4 cm³/mol. The summed E-state index contributed by atoms with van der Waals surface area (Å²) in [6.45, 7) is 8.12. The summed E-state index contributed by atoms with van der Waals surface area (Å²) in [5.41, 5.74) is -0.768. The highest BCUT2D eigenvalue weighted by molar-refractivity contribution is 5.88. The average Bonchev–Trinajstić information content (AvgIpc) is 2.36. The molecule has 2 saturated heterocycles. The van der Waals surface area contributed by atoms with Gasteiger partial charge in [0.05, 0.1) is 0 Å². The van der Waals surface area contributed by atoms with Crippen molar-refractivity contribution in [3.63, 3.8) is 0 Å². The lowest BCUT2D eigenvalue weighted by Gasteiger charge is -2.47. The van der Waals surface area contributed by atoms with Crippen LogP contribution in [0.2, 0.25) is 0 Å². The van der Waals surface area contributed by atoms with Crippen LogP contribution in [0.3, 0.4) is 0 Å². The van der Waals surface area contributed by atoms with Crippen molar-refractivity contribution in [2.45, 2.75) is 52.5 Å². The average molecular weight is 282 g/mol. The Balaban J connectivity index is 2.24.